The minimum absolute atomic E-state index is 0.0710. The van der Waals surface area contributed by atoms with E-state index in [9.17, 15) is 14.7 Å². The van der Waals surface area contributed by atoms with Crippen molar-refractivity contribution in [1.82, 2.24) is 0 Å². The molecule has 0 heterocycles. The molecule has 0 saturated carbocycles. The van der Waals surface area contributed by atoms with Crippen LogP contribution in [0.15, 0.2) is 36.4 Å². The monoisotopic (exact) mass is 366 g/mol. The van der Waals surface area contributed by atoms with Gasteiger partial charge >= 0.3 is 5.97 Å². The van der Waals surface area contributed by atoms with E-state index in [1.165, 1.54) is 13.2 Å². The van der Waals surface area contributed by atoms with Gasteiger partial charge < -0.3 is 19.4 Å². The van der Waals surface area contributed by atoms with Crippen molar-refractivity contribution in [2.45, 2.75) is 10.7 Å². The van der Waals surface area contributed by atoms with Crippen LogP contribution in [0.2, 0.25) is 0 Å². The highest BCUT2D eigenvalue weighted by molar-refractivity contribution is 9.10. The van der Waals surface area contributed by atoms with E-state index in [1.54, 1.807) is 30.4 Å². The van der Waals surface area contributed by atoms with Gasteiger partial charge in [0.1, 0.15) is 16.4 Å². The van der Waals surface area contributed by atoms with Crippen molar-refractivity contribution in [3.63, 3.8) is 0 Å². The van der Waals surface area contributed by atoms with Gasteiger partial charge in [-0.05, 0) is 35.8 Å². The zero-order chi connectivity index (χ0) is 16.2. The van der Waals surface area contributed by atoms with Gasteiger partial charge in [0.2, 0.25) is 0 Å². The third-order valence-electron chi connectivity index (χ3n) is 3.24. The Morgan fingerprint density at radius 3 is 2.91 bits per heavy atom. The average molecular weight is 367 g/mol. The molecular formula is C16H15BrO5. The second-order valence-electron chi connectivity index (χ2n) is 4.84. The molecule has 5 nitrogen and oxygen atoms in total. The summed E-state index contributed by atoms with van der Waals surface area (Å²) in [5.41, 5.74) is 1.43. The maximum absolute atomic E-state index is 11.4. The number of ether oxygens (including phenoxy) is 2. The minimum Gasteiger partial charge on any atom is -0.478 e. The van der Waals surface area contributed by atoms with Gasteiger partial charge in [0.15, 0.2) is 6.79 Å². The number of carbonyl (C=O) groups excluding carboxylic acids is 1. The Labute approximate surface area is 136 Å². The molecule has 116 valence electrons. The van der Waals surface area contributed by atoms with E-state index in [0.29, 0.717) is 17.7 Å². The molecule has 0 fully saturated rings. The molecule has 6 heteroatoms. The number of aromatic carboxylic acids is 1. The number of alkyl halides is 1. The molecule has 1 atom stereocenters. The lowest BCUT2D eigenvalue weighted by Gasteiger charge is -2.23. The van der Waals surface area contributed by atoms with Gasteiger partial charge in [-0.1, -0.05) is 34.2 Å². The first-order valence-corrected chi connectivity index (χ1v) is 7.31. The molecule has 2 rings (SSSR count). The van der Waals surface area contributed by atoms with Crippen LogP contribution in [-0.4, -0.2) is 35.6 Å². The number of halogens is 1. The molecule has 1 unspecified atom stereocenters. The van der Waals surface area contributed by atoms with Crippen molar-refractivity contribution in [2.24, 2.45) is 0 Å². The van der Waals surface area contributed by atoms with Crippen molar-refractivity contribution >= 4 is 33.8 Å². The molecule has 22 heavy (non-hydrogen) atoms. The molecule has 1 aliphatic carbocycles. The number of carbonyl (C=O) groups is 2. The Morgan fingerprint density at radius 1 is 1.50 bits per heavy atom. The molecule has 0 bridgehead atoms. The SMILES string of the molecule is COCOc1ccc(C(=O)O)c(C2=CC=CC(Br)(C=O)C2)c1. The van der Waals surface area contributed by atoms with Crippen LogP contribution in [0.4, 0.5) is 0 Å². The van der Waals surface area contributed by atoms with Crippen LogP contribution in [-0.2, 0) is 9.53 Å². The van der Waals surface area contributed by atoms with Crippen molar-refractivity contribution in [3.05, 3.63) is 47.6 Å². The van der Waals surface area contributed by atoms with Gasteiger partial charge in [-0.3, -0.25) is 0 Å². The van der Waals surface area contributed by atoms with E-state index in [-0.39, 0.29) is 12.4 Å². The number of carboxylic acids is 1. The number of hydrogen-bond donors (Lipinski definition) is 1. The van der Waals surface area contributed by atoms with Crippen molar-refractivity contribution in [2.75, 3.05) is 13.9 Å². The largest absolute Gasteiger partial charge is 0.478 e. The van der Waals surface area contributed by atoms with E-state index in [2.05, 4.69) is 15.9 Å². The molecule has 0 aliphatic heterocycles. The molecule has 1 N–H and O–H groups in total. The van der Waals surface area contributed by atoms with Gasteiger partial charge in [0.05, 0.1) is 5.56 Å². The number of hydrogen-bond acceptors (Lipinski definition) is 4. The van der Waals surface area contributed by atoms with Crippen LogP contribution in [0.5, 0.6) is 5.75 Å². The summed E-state index contributed by atoms with van der Waals surface area (Å²) in [6.07, 6.45) is 6.42. The van der Waals surface area contributed by atoms with Crippen LogP contribution in [0.25, 0.3) is 5.57 Å². The first kappa shape index (κ1) is 16.5. The average Bonchev–Trinajstić information content (AvgIpc) is 2.52. The number of methoxy groups -OCH3 is 1. The number of allylic oxidation sites excluding steroid dienone is 4. The van der Waals surface area contributed by atoms with Gasteiger partial charge in [0.25, 0.3) is 0 Å². The highest BCUT2D eigenvalue weighted by Crippen LogP contribution is 2.37. The molecule has 0 radical (unpaired) electrons. The summed E-state index contributed by atoms with van der Waals surface area (Å²) in [5.74, 6) is -0.529. The number of aldehydes is 1. The lowest BCUT2D eigenvalue weighted by molar-refractivity contribution is -0.108. The van der Waals surface area contributed by atoms with Crippen LogP contribution < -0.4 is 4.74 Å². The Balaban J connectivity index is 2.43. The molecule has 0 saturated heterocycles. The summed E-state index contributed by atoms with van der Waals surface area (Å²) in [6, 6.07) is 4.70. The van der Waals surface area contributed by atoms with E-state index in [1.807, 2.05) is 0 Å². The summed E-state index contributed by atoms with van der Waals surface area (Å²) in [7, 11) is 1.50. The summed E-state index contributed by atoms with van der Waals surface area (Å²) in [4.78, 5) is 22.6. The summed E-state index contributed by atoms with van der Waals surface area (Å²) >= 11 is 3.36. The Hall–Kier alpha value is -1.92. The lowest BCUT2D eigenvalue weighted by Crippen LogP contribution is -2.22. The lowest BCUT2D eigenvalue weighted by atomic mass is 9.88. The molecule has 0 spiro atoms. The van der Waals surface area contributed by atoms with Crippen molar-refractivity contribution in [1.29, 1.82) is 0 Å². The molecule has 0 aromatic heterocycles. The highest BCUT2D eigenvalue weighted by Gasteiger charge is 2.28. The fourth-order valence-electron chi connectivity index (χ4n) is 2.19. The second-order valence-corrected chi connectivity index (χ2v) is 6.31. The van der Waals surface area contributed by atoms with Crippen LogP contribution >= 0.6 is 15.9 Å². The smallest absolute Gasteiger partial charge is 0.336 e. The summed E-state index contributed by atoms with van der Waals surface area (Å²) in [5, 5.41) is 9.36. The van der Waals surface area contributed by atoms with Crippen LogP contribution in [0.1, 0.15) is 22.3 Å². The minimum atomic E-state index is -1.03. The van der Waals surface area contributed by atoms with Gasteiger partial charge in [-0.25, -0.2) is 4.79 Å². The Bertz CT molecular complexity index is 650. The number of benzene rings is 1. The van der Waals surface area contributed by atoms with Crippen LogP contribution in [0, 0.1) is 0 Å². The molecule has 0 amide bonds. The van der Waals surface area contributed by atoms with E-state index >= 15 is 0 Å². The van der Waals surface area contributed by atoms with E-state index in [4.69, 9.17) is 9.47 Å². The third kappa shape index (κ3) is 3.64. The summed E-state index contributed by atoms with van der Waals surface area (Å²) in [6.45, 7) is 0.0710. The predicted octanol–water partition coefficient (Wildman–Crippen LogP) is 3.04. The highest BCUT2D eigenvalue weighted by atomic mass is 79.9. The van der Waals surface area contributed by atoms with E-state index in [0.717, 1.165) is 11.9 Å². The summed E-state index contributed by atoms with van der Waals surface area (Å²) < 4.78 is 9.39. The maximum atomic E-state index is 11.4. The maximum Gasteiger partial charge on any atom is 0.336 e. The van der Waals surface area contributed by atoms with E-state index < -0.39 is 10.3 Å². The zero-order valence-electron chi connectivity index (χ0n) is 11.9. The van der Waals surface area contributed by atoms with Crippen LogP contribution in [0.3, 0.4) is 0 Å². The van der Waals surface area contributed by atoms with Gasteiger partial charge in [-0.15, -0.1) is 0 Å². The predicted molar refractivity (Wildman–Crippen MR) is 85.4 cm³/mol. The topological polar surface area (TPSA) is 72.8 Å². The number of carboxylic acid groups (broad SMARTS) is 1. The first-order valence-electron chi connectivity index (χ1n) is 6.52. The van der Waals surface area contributed by atoms with Crippen molar-refractivity contribution in [3.8, 4) is 5.75 Å². The fourth-order valence-corrected chi connectivity index (χ4v) is 2.65. The molecule has 1 aliphatic rings. The van der Waals surface area contributed by atoms with Gasteiger partial charge in [-0.2, -0.15) is 0 Å². The Kier molecular flexibility index (Phi) is 5.15. The Morgan fingerprint density at radius 2 is 2.27 bits per heavy atom. The third-order valence-corrected chi connectivity index (χ3v) is 3.97. The standard InChI is InChI=1S/C16H15BrO5/c1-21-10-22-12-4-5-13(15(19)20)14(7-12)11-3-2-6-16(17,8-11)9-18/h2-7,9H,8,10H2,1H3,(H,19,20). The molecular weight excluding hydrogens is 352 g/mol. The second kappa shape index (κ2) is 6.89. The van der Waals surface area contributed by atoms with Gasteiger partial charge in [0, 0.05) is 7.11 Å². The molecule has 1 aromatic carbocycles. The van der Waals surface area contributed by atoms with Crippen molar-refractivity contribution < 1.29 is 24.2 Å². The first-order chi connectivity index (χ1) is 10.5. The molecule has 1 aromatic rings. The zero-order valence-corrected chi connectivity index (χ0v) is 13.5. The quantitative estimate of drug-likeness (QED) is 0.475. The normalized spacial score (nSPS) is 20.4. The number of rotatable bonds is 6. The fraction of sp³-hybridized carbons (Fsp3) is 0.250.